The summed E-state index contributed by atoms with van der Waals surface area (Å²) in [5.41, 5.74) is 0. The van der Waals surface area contributed by atoms with E-state index >= 15 is 0 Å². The third-order valence-corrected chi connectivity index (χ3v) is 1.57. The summed E-state index contributed by atoms with van der Waals surface area (Å²) in [6, 6.07) is 0. The highest BCUT2D eigenvalue weighted by Gasteiger charge is 1.88. The van der Waals surface area contributed by atoms with Crippen molar-refractivity contribution in [3.8, 4) is 0 Å². The first-order valence-electron chi connectivity index (χ1n) is 5.40. The number of thiol groups is 2. The summed E-state index contributed by atoms with van der Waals surface area (Å²) in [7, 11) is 0. The van der Waals surface area contributed by atoms with E-state index in [-0.39, 0.29) is 26.1 Å². The molecule has 19 heavy (non-hydrogen) atoms. The molecule has 0 aliphatic heterocycles. The van der Waals surface area contributed by atoms with Gasteiger partial charge in [-0.1, -0.05) is 0 Å². The Morgan fingerprint density at radius 3 is 1.26 bits per heavy atom. The van der Waals surface area contributed by atoms with Crippen molar-refractivity contribution in [2.75, 3.05) is 37.9 Å². The molecule has 0 aromatic heterocycles. The summed E-state index contributed by atoms with van der Waals surface area (Å²) < 4.78 is 4.63. The van der Waals surface area contributed by atoms with Gasteiger partial charge in [-0.05, 0) is 0 Å². The Labute approximate surface area is 123 Å². The van der Waals surface area contributed by atoms with E-state index in [0.717, 1.165) is 0 Å². The molecule has 0 heterocycles. The van der Waals surface area contributed by atoms with Crippen LogP contribution in [0.2, 0.25) is 0 Å². The summed E-state index contributed by atoms with van der Waals surface area (Å²) in [5, 5.41) is 31.9. The molecule has 0 bridgehead atoms. The van der Waals surface area contributed by atoms with E-state index in [1.54, 1.807) is 0 Å². The molecule has 0 radical (unpaired) electrons. The van der Waals surface area contributed by atoms with Crippen molar-refractivity contribution >= 4 is 37.2 Å². The predicted octanol–water partition coefficient (Wildman–Crippen LogP) is -0.231. The van der Waals surface area contributed by atoms with Crippen LogP contribution in [0.25, 0.3) is 0 Å². The average molecular weight is 318 g/mol. The van der Waals surface area contributed by atoms with Crippen LogP contribution in [0.5, 0.6) is 0 Å². The molecule has 0 aliphatic carbocycles. The molecular weight excluding hydrogens is 296 g/mol. The molecule has 0 aromatic carbocycles. The first-order chi connectivity index (χ1) is 8.95. The van der Waals surface area contributed by atoms with Crippen molar-refractivity contribution in [1.29, 1.82) is 0 Å². The molecule has 0 rings (SSSR count). The Hall–Kier alpha value is -0.480. The highest BCUT2D eigenvalue weighted by atomic mass is 32.1. The minimum absolute atomic E-state index is 0.0278. The second-order valence-electron chi connectivity index (χ2n) is 2.79. The quantitative estimate of drug-likeness (QED) is 0.270. The fraction of sp³-hybridized carbons (Fsp3) is 0.800. The number of carboxylic acids is 2. The van der Waals surface area contributed by atoms with Crippen molar-refractivity contribution in [3.63, 3.8) is 0 Å². The van der Waals surface area contributed by atoms with Gasteiger partial charge in [0.15, 0.2) is 0 Å². The first-order valence-corrected chi connectivity index (χ1v) is 6.67. The Morgan fingerprint density at radius 2 is 1.16 bits per heavy atom. The van der Waals surface area contributed by atoms with E-state index in [1.165, 1.54) is 0 Å². The van der Waals surface area contributed by atoms with E-state index < -0.39 is 11.9 Å². The van der Waals surface area contributed by atoms with Crippen molar-refractivity contribution in [2.45, 2.75) is 12.8 Å². The molecule has 0 saturated heterocycles. The number of hydrogen-bond donors (Lipinski definition) is 6. The molecule has 7 nitrogen and oxygen atoms in total. The van der Waals surface area contributed by atoms with Crippen LogP contribution in [0.4, 0.5) is 0 Å². The number of aliphatic carboxylic acids is 2. The summed E-state index contributed by atoms with van der Waals surface area (Å²) in [6.45, 7) is 0.696. The number of aliphatic hydroxyl groups excluding tert-OH is 2. The topological polar surface area (TPSA) is 124 Å². The Kier molecular flexibility index (Phi) is 28.2. The van der Waals surface area contributed by atoms with Crippen molar-refractivity contribution in [3.05, 3.63) is 0 Å². The minimum Gasteiger partial charge on any atom is -0.481 e. The van der Waals surface area contributed by atoms with E-state index in [2.05, 4.69) is 30.0 Å². The third kappa shape index (κ3) is 46.6. The number of hydrogen-bond acceptors (Lipinski definition) is 7. The number of ether oxygens (including phenoxy) is 1. The van der Waals surface area contributed by atoms with Gasteiger partial charge in [0.05, 0.1) is 39.3 Å². The summed E-state index contributed by atoms with van der Waals surface area (Å²) in [5.74, 6) is -0.722. The second kappa shape index (κ2) is 22.7. The minimum atomic E-state index is -0.787. The molecule has 0 spiro atoms. The van der Waals surface area contributed by atoms with Gasteiger partial charge in [-0.15, -0.1) is 0 Å². The predicted molar refractivity (Wildman–Crippen MR) is 77.2 cm³/mol. The molecule has 0 aromatic rings. The SMILES string of the molecule is O=C(O)CCS.O=C(O)CCS.OCCOCCO. The molecule has 0 amide bonds. The lowest BCUT2D eigenvalue weighted by atomic mass is 10.5. The molecule has 0 atom stereocenters. The molecular formula is C10H22O7S2. The van der Waals surface area contributed by atoms with Gasteiger partial charge in [0, 0.05) is 11.5 Å². The van der Waals surface area contributed by atoms with Gasteiger partial charge in [0.2, 0.25) is 0 Å². The Bertz CT molecular complexity index is 182. The number of aliphatic hydroxyl groups is 2. The Balaban J connectivity index is -0.000000203. The van der Waals surface area contributed by atoms with E-state index in [4.69, 9.17) is 20.4 Å². The maximum atomic E-state index is 9.55. The van der Waals surface area contributed by atoms with Crippen LogP contribution in [0.15, 0.2) is 0 Å². The standard InChI is InChI=1S/C4H10O3.2C3H6O2S/c5-1-3-7-4-2-6;2*4-3(5)1-2-6/h5-6H,1-4H2;2*6H,1-2H2,(H,4,5). The monoisotopic (exact) mass is 318 g/mol. The van der Waals surface area contributed by atoms with Crippen molar-refractivity contribution in [2.24, 2.45) is 0 Å². The van der Waals surface area contributed by atoms with Crippen LogP contribution < -0.4 is 0 Å². The van der Waals surface area contributed by atoms with Crippen LogP contribution in [-0.2, 0) is 14.3 Å². The molecule has 9 heteroatoms. The maximum absolute atomic E-state index is 9.55. The molecule has 116 valence electrons. The molecule has 0 saturated carbocycles. The van der Waals surface area contributed by atoms with Gasteiger partial charge in [-0.2, -0.15) is 25.3 Å². The summed E-state index contributed by atoms with van der Waals surface area (Å²) in [6.07, 6.45) is 0.312. The van der Waals surface area contributed by atoms with Crippen LogP contribution in [0, 0.1) is 0 Å². The summed E-state index contributed by atoms with van der Waals surface area (Å²) >= 11 is 7.36. The van der Waals surface area contributed by atoms with E-state index in [1.807, 2.05) is 0 Å². The summed E-state index contributed by atoms with van der Waals surface area (Å²) in [4.78, 5) is 19.1. The van der Waals surface area contributed by atoms with Gasteiger partial charge in [0.25, 0.3) is 0 Å². The van der Waals surface area contributed by atoms with E-state index in [9.17, 15) is 9.59 Å². The molecule has 0 aliphatic rings. The molecule has 0 unspecified atom stereocenters. The van der Waals surface area contributed by atoms with Crippen molar-refractivity contribution in [1.82, 2.24) is 0 Å². The zero-order chi connectivity index (χ0) is 15.5. The van der Waals surface area contributed by atoms with Gasteiger partial charge < -0.3 is 25.2 Å². The number of carbonyl (C=O) groups is 2. The van der Waals surface area contributed by atoms with Gasteiger partial charge in [0.1, 0.15) is 0 Å². The zero-order valence-corrected chi connectivity index (χ0v) is 12.4. The number of rotatable bonds is 8. The zero-order valence-electron chi connectivity index (χ0n) is 10.6. The lowest BCUT2D eigenvalue weighted by molar-refractivity contribution is -0.137. The van der Waals surface area contributed by atoms with Crippen molar-refractivity contribution < 1.29 is 34.8 Å². The lowest BCUT2D eigenvalue weighted by Crippen LogP contribution is -2.03. The maximum Gasteiger partial charge on any atom is 0.304 e. The highest BCUT2D eigenvalue weighted by molar-refractivity contribution is 7.80. The lowest BCUT2D eigenvalue weighted by Gasteiger charge is -1.94. The van der Waals surface area contributed by atoms with Crippen LogP contribution in [-0.4, -0.2) is 70.3 Å². The fourth-order valence-corrected chi connectivity index (χ4v) is 0.805. The normalized spacial score (nSPS) is 8.63. The van der Waals surface area contributed by atoms with E-state index in [0.29, 0.717) is 24.7 Å². The fourth-order valence-electron chi connectivity index (χ4n) is 0.422. The third-order valence-electron chi connectivity index (χ3n) is 1.12. The molecule has 4 N–H and O–H groups in total. The van der Waals surface area contributed by atoms with Gasteiger partial charge in [-0.3, -0.25) is 9.59 Å². The highest BCUT2D eigenvalue weighted by Crippen LogP contribution is 1.80. The smallest absolute Gasteiger partial charge is 0.304 e. The number of carboxylic acid groups (broad SMARTS) is 2. The van der Waals surface area contributed by atoms with Gasteiger partial charge in [-0.25, -0.2) is 0 Å². The largest absolute Gasteiger partial charge is 0.481 e. The van der Waals surface area contributed by atoms with Gasteiger partial charge >= 0.3 is 11.9 Å². The first kappa shape index (κ1) is 23.6. The molecule has 0 fully saturated rings. The Morgan fingerprint density at radius 1 is 0.842 bits per heavy atom. The van der Waals surface area contributed by atoms with Crippen LogP contribution in [0.1, 0.15) is 12.8 Å². The average Bonchev–Trinajstić information content (AvgIpc) is 2.31. The van der Waals surface area contributed by atoms with Crippen LogP contribution in [0.3, 0.4) is 0 Å². The second-order valence-corrected chi connectivity index (χ2v) is 3.69. The van der Waals surface area contributed by atoms with Crippen LogP contribution >= 0.6 is 25.3 Å².